The number of rotatable bonds is 8. The van der Waals surface area contributed by atoms with Gasteiger partial charge in [-0.3, -0.25) is 0 Å². The second-order valence-corrected chi connectivity index (χ2v) is 8.81. The maximum absolute atomic E-state index is 12.3. The molecule has 0 aliphatic carbocycles. The van der Waals surface area contributed by atoms with Crippen molar-refractivity contribution in [3.05, 3.63) is 18.2 Å². The number of sulfonamides is 1. The average molecular weight is 367 g/mol. The van der Waals surface area contributed by atoms with E-state index in [1.165, 1.54) is 30.2 Å². The first-order valence-corrected chi connectivity index (χ1v) is 10.3. The van der Waals surface area contributed by atoms with E-state index in [9.17, 15) is 8.42 Å². The van der Waals surface area contributed by atoms with Crippen molar-refractivity contribution >= 4 is 32.8 Å². The van der Waals surface area contributed by atoms with E-state index in [-0.39, 0.29) is 4.90 Å². The van der Waals surface area contributed by atoms with Crippen molar-refractivity contribution in [3.8, 4) is 6.07 Å². The summed E-state index contributed by atoms with van der Waals surface area (Å²) in [6.07, 6.45) is 2.55. The molecule has 8 heteroatoms. The van der Waals surface area contributed by atoms with Gasteiger partial charge in [0.1, 0.15) is 0 Å². The van der Waals surface area contributed by atoms with E-state index in [0.29, 0.717) is 17.7 Å². The van der Waals surface area contributed by atoms with Gasteiger partial charge in [0.05, 0.1) is 22.0 Å². The Morgan fingerprint density at radius 2 is 2.12 bits per heavy atom. The van der Waals surface area contributed by atoms with Crippen LogP contribution in [0.1, 0.15) is 26.2 Å². The van der Waals surface area contributed by atoms with Crippen molar-refractivity contribution in [2.45, 2.75) is 42.8 Å². The standard InChI is InChI=1S/C16H22N4O2S2/c1-4-5-10-20-15-8-7-13(24(21,22)19(2)3)12-14(15)18-16(20)23-11-6-9-17/h7-8,12H,4-6,10-11H2,1-3H3. The van der Waals surface area contributed by atoms with E-state index in [0.717, 1.165) is 30.1 Å². The van der Waals surface area contributed by atoms with Crippen molar-refractivity contribution in [1.82, 2.24) is 13.9 Å². The van der Waals surface area contributed by atoms with Crippen LogP contribution in [0.3, 0.4) is 0 Å². The summed E-state index contributed by atoms with van der Waals surface area (Å²) in [4.78, 5) is 4.85. The number of unbranched alkanes of at least 4 members (excludes halogenated alkanes) is 1. The van der Waals surface area contributed by atoms with Crippen LogP contribution in [0.5, 0.6) is 0 Å². The molecule has 0 spiro atoms. The molecule has 6 nitrogen and oxygen atoms in total. The molecule has 0 fully saturated rings. The maximum Gasteiger partial charge on any atom is 0.242 e. The number of hydrogen-bond acceptors (Lipinski definition) is 5. The first-order valence-electron chi connectivity index (χ1n) is 7.84. The van der Waals surface area contributed by atoms with Gasteiger partial charge < -0.3 is 4.57 Å². The highest BCUT2D eigenvalue weighted by molar-refractivity contribution is 7.99. The third-order valence-corrected chi connectivity index (χ3v) is 6.43. The van der Waals surface area contributed by atoms with Gasteiger partial charge in [-0.05, 0) is 24.6 Å². The first kappa shape index (κ1) is 18.8. The average Bonchev–Trinajstić information content (AvgIpc) is 2.89. The van der Waals surface area contributed by atoms with E-state index in [2.05, 4.69) is 22.5 Å². The lowest BCUT2D eigenvalue weighted by molar-refractivity contribution is 0.521. The zero-order chi connectivity index (χ0) is 17.7. The molecule has 0 radical (unpaired) electrons. The van der Waals surface area contributed by atoms with E-state index >= 15 is 0 Å². The summed E-state index contributed by atoms with van der Waals surface area (Å²) in [7, 11) is -0.443. The van der Waals surface area contributed by atoms with Crippen LogP contribution in [0.2, 0.25) is 0 Å². The van der Waals surface area contributed by atoms with Crippen LogP contribution in [-0.2, 0) is 16.6 Å². The number of hydrogen-bond donors (Lipinski definition) is 0. The van der Waals surface area contributed by atoms with Gasteiger partial charge in [-0.15, -0.1) is 0 Å². The first-order chi connectivity index (χ1) is 11.4. The Bertz CT molecular complexity index is 851. The fourth-order valence-electron chi connectivity index (χ4n) is 2.29. The predicted octanol–water partition coefficient (Wildman–Crippen LogP) is 3.09. The summed E-state index contributed by atoms with van der Waals surface area (Å²) in [6.45, 7) is 2.96. The number of imidazole rings is 1. The molecule has 24 heavy (non-hydrogen) atoms. The topological polar surface area (TPSA) is 79.0 Å². The van der Waals surface area contributed by atoms with Gasteiger partial charge in [-0.1, -0.05) is 25.1 Å². The highest BCUT2D eigenvalue weighted by Crippen LogP contribution is 2.27. The minimum atomic E-state index is -3.48. The van der Waals surface area contributed by atoms with Crippen LogP contribution in [0.4, 0.5) is 0 Å². The van der Waals surface area contributed by atoms with Gasteiger partial charge in [0.2, 0.25) is 10.0 Å². The lowest BCUT2D eigenvalue weighted by Gasteiger charge is -2.11. The van der Waals surface area contributed by atoms with Crippen LogP contribution in [0, 0.1) is 11.3 Å². The molecule has 1 aromatic carbocycles. The molecule has 130 valence electrons. The van der Waals surface area contributed by atoms with Crippen molar-refractivity contribution in [3.63, 3.8) is 0 Å². The molecule has 0 N–H and O–H groups in total. The lowest BCUT2D eigenvalue weighted by Crippen LogP contribution is -2.22. The zero-order valence-electron chi connectivity index (χ0n) is 14.2. The molecule has 1 aromatic heterocycles. The Kier molecular flexibility index (Phi) is 6.27. The molecule has 2 rings (SSSR count). The number of nitriles is 1. The summed E-state index contributed by atoms with van der Waals surface area (Å²) >= 11 is 1.54. The zero-order valence-corrected chi connectivity index (χ0v) is 15.8. The summed E-state index contributed by atoms with van der Waals surface area (Å²) in [5.74, 6) is 0.675. The van der Waals surface area contributed by atoms with Gasteiger partial charge in [-0.25, -0.2) is 17.7 Å². The molecular formula is C16H22N4O2S2. The maximum atomic E-state index is 12.3. The molecule has 0 aliphatic rings. The van der Waals surface area contributed by atoms with Crippen molar-refractivity contribution in [2.75, 3.05) is 19.8 Å². The molecule has 1 heterocycles. The van der Waals surface area contributed by atoms with Gasteiger partial charge in [0.25, 0.3) is 0 Å². The SMILES string of the molecule is CCCCn1c(SCCC#N)nc2cc(S(=O)(=O)N(C)C)ccc21. The molecule has 0 aliphatic heterocycles. The minimum Gasteiger partial charge on any atom is -0.319 e. The van der Waals surface area contributed by atoms with Crippen LogP contribution < -0.4 is 0 Å². The number of benzene rings is 1. The highest BCUT2D eigenvalue weighted by Gasteiger charge is 2.19. The number of aromatic nitrogens is 2. The molecule has 2 aromatic rings. The minimum absolute atomic E-state index is 0.244. The third-order valence-electron chi connectivity index (χ3n) is 3.64. The lowest BCUT2D eigenvalue weighted by atomic mass is 10.3. The highest BCUT2D eigenvalue weighted by atomic mass is 32.2. The van der Waals surface area contributed by atoms with Crippen molar-refractivity contribution in [1.29, 1.82) is 5.26 Å². The molecule has 0 unspecified atom stereocenters. The van der Waals surface area contributed by atoms with E-state index in [4.69, 9.17) is 5.26 Å². The van der Waals surface area contributed by atoms with Crippen LogP contribution in [0.15, 0.2) is 28.3 Å². The summed E-state index contributed by atoms with van der Waals surface area (Å²) in [5, 5.41) is 9.55. The third kappa shape index (κ3) is 3.91. The summed E-state index contributed by atoms with van der Waals surface area (Å²) < 4.78 is 27.9. The fraction of sp³-hybridized carbons (Fsp3) is 0.500. The largest absolute Gasteiger partial charge is 0.319 e. The van der Waals surface area contributed by atoms with E-state index in [1.54, 1.807) is 12.1 Å². The Morgan fingerprint density at radius 3 is 2.75 bits per heavy atom. The Balaban J connectivity index is 2.47. The number of nitrogens with zero attached hydrogens (tertiary/aromatic N) is 4. The van der Waals surface area contributed by atoms with Gasteiger partial charge in [-0.2, -0.15) is 5.26 Å². The van der Waals surface area contributed by atoms with Gasteiger partial charge in [0, 0.05) is 32.8 Å². The Morgan fingerprint density at radius 1 is 1.38 bits per heavy atom. The number of fused-ring (bicyclic) bond motifs is 1. The quantitative estimate of drug-likeness (QED) is 0.530. The van der Waals surface area contributed by atoms with Crippen LogP contribution in [0.25, 0.3) is 11.0 Å². The molecule has 0 amide bonds. The number of thioether (sulfide) groups is 1. The molecule has 0 atom stereocenters. The number of aryl methyl sites for hydroxylation is 1. The van der Waals surface area contributed by atoms with Crippen LogP contribution in [-0.4, -0.2) is 42.1 Å². The summed E-state index contributed by atoms with van der Waals surface area (Å²) in [6, 6.07) is 7.21. The second kappa shape index (κ2) is 8.01. The van der Waals surface area contributed by atoms with E-state index < -0.39 is 10.0 Å². The Labute approximate surface area is 147 Å². The normalized spacial score (nSPS) is 12.0. The fourth-order valence-corrected chi connectivity index (χ4v) is 4.10. The van der Waals surface area contributed by atoms with Gasteiger partial charge in [0.15, 0.2) is 5.16 Å². The van der Waals surface area contributed by atoms with Crippen molar-refractivity contribution in [2.24, 2.45) is 0 Å². The van der Waals surface area contributed by atoms with Gasteiger partial charge >= 0.3 is 0 Å². The molecule has 0 bridgehead atoms. The molecule has 0 saturated heterocycles. The monoisotopic (exact) mass is 366 g/mol. The molecule has 0 saturated carbocycles. The smallest absolute Gasteiger partial charge is 0.242 e. The van der Waals surface area contributed by atoms with Crippen molar-refractivity contribution < 1.29 is 8.42 Å². The molecular weight excluding hydrogens is 344 g/mol. The predicted molar refractivity (Wildman–Crippen MR) is 96.5 cm³/mol. The van der Waals surface area contributed by atoms with E-state index in [1.807, 2.05) is 6.07 Å². The second-order valence-electron chi connectivity index (χ2n) is 5.59. The summed E-state index contributed by atoms with van der Waals surface area (Å²) in [5.41, 5.74) is 1.61. The Hall–Kier alpha value is -1.56. The van der Waals surface area contributed by atoms with Crippen LogP contribution >= 0.6 is 11.8 Å².